The van der Waals surface area contributed by atoms with Crippen LogP contribution in [0.4, 0.5) is 18.0 Å². The normalized spacial score (nSPS) is 22.3. The Kier molecular flexibility index (Phi) is 4.49. The summed E-state index contributed by atoms with van der Waals surface area (Å²) in [5.41, 5.74) is -1.41. The summed E-state index contributed by atoms with van der Waals surface area (Å²) in [6.07, 6.45) is -5.57. The average Bonchev–Trinajstić information content (AvgIpc) is 2.92. The van der Waals surface area contributed by atoms with E-state index in [1.807, 2.05) is 0 Å². The molecule has 0 bridgehead atoms. The van der Waals surface area contributed by atoms with Gasteiger partial charge < -0.3 is 15.2 Å². The summed E-state index contributed by atoms with van der Waals surface area (Å²) < 4.78 is 43.6. The number of nitrogens with zero attached hydrogens (tertiary/aromatic N) is 1. The molecule has 0 aliphatic carbocycles. The number of urea groups is 1. The van der Waals surface area contributed by atoms with E-state index >= 15 is 0 Å². The fraction of sp³-hybridized carbons (Fsp3) is 0.300. The van der Waals surface area contributed by atoms with Gasteiger partial charge in [0.2, 0.25) is 0 Å². The van der Waals surface area contributed by atoms with Crippen LogP contribution >= 0.6 is 0 Å². The van der Waals surface area contributed by atoms with Crippen molar-refractivity contribution in [1.82, 2.24) is 10.2 Å². The van der Waals surface area contributed by atoms with Crippen LogP contribution in [0.1, 0.15) is 29.2 Å². The SMILES string of the molecule is O=C1NC2(CCOc3ccccc32)C(=O)N1CC(O)c1ccc(C(F)(F)F)cc1. The Labute approximate surface area is 163 Å². The van der Waals surface area contributed by atoms with Gasteiger partial charge in [-0.25, -0.2) is 4.79 Å². The van der Waals surface area contributed by atoms with Gasteiger partial charge in [0.15, 0.2) is 5.54 Å². The lowest BCUT2D eigenvalue weighted by Gasteiger charge is -2.33. The number of aliphatic hydroxyl groups excluding tert-OH is 1. The van der Waals surface area contributed by atoms with Crippen LogP contribution in [0.25, 0.3) is 0 Å². The second-order valence-electron chi connectivity index (χ2n) is 6.98. The third-order valence-corrected chi connectivity index (χ3v) is 5.24. The van der Waals surface area contributed by atoms with Crippen LogP contribution in [0, 0.1) is 0 Å². The molecule has 1 spiro atoms. The molecule has 2 aromatic carbocycles. The van der Waals surface area contributed by atoms with Crippen molar-refractivity contribution in [3.05, 3.63) is 65.2 Å². The number of para-hydroxylation sites is 1. The second-order valence-corrected chi connectivity index (χ2v) is 6.98. The molecule has 2 unspecified atom stereocenters. The van der Waals surface area contributed by atoms with E-state index in [-0.39, 0.29) is 25.1 Å². The number of nitrogens with one attached hydrogen (secondary N) is 1. The maximum absolute atomic E-state index is 13.1. The molecule has 2 N–H and O–H groups in total. The number of amides is 3. The highest BCUT2D eigenvalue weighted by Gasteiger charge is 2.55. The minimum absolute atomic E-state index is 0.173. The van der Waals surface area contributed by atoms with Gasteiger partial charge in [0.1, 0.15) is 5.75 Å². The number of hydrogen-bond donors (Lipinski definition) is 2. The molecule has 0 radical (unpaired) electrons. The van der Waals surface area contributed by atoms with Gasteiger partial charge in [-0.1, -0.05) is 30.3 Å². The smallest absolute Gasteiger partial charge is 0.416 e. The fourth-order valence-corrected chi connectivity index (χ4v) is 3.71. The zero-order valence-electron chi connectivity index (χ0n) is 15.1. The van der Waals surface area contributed by atoms with Crippen molar-refractivity contribution in [1.29, 1.82) is 0 Å². The number of halogens is 3. The lowest BCUT2D eigenvalue weighted by Crippen LogP contribution is -2.47. The molecule has 0 saturated carbocycles. The van der Waals surface area contributed by atoms with Crippen LogP contribution in [-0.2, 0) is 16.5 Å². The molecule has 2 atom stereocenters. The first kappa shape index (κ1) is 19.3. The van der Waals surface area contributed by atoms with Crippen LogP contribution < -0.4 is 10.1 Å². The third-order valence-electron chi connectivity index (χ3n) is 5.24. The Balaban J connectivity index is 1.56. The molecule has 152 valence electrons. The predicted octanol–water partition coefficient (Wildman–Crippen LogP) is 2.97. The number of fused-ring (bicyclic) bond motifs is 2. The van der Waals surface area contributed by atoms with Crippen LogP contribution in [0.15, 0.2) is 48.5 Å². The Morgan fingerprint density at radius 3 is 2.52 bits per heavy atom. The highest BCUT2D eigenvalue weighted by atomic mass is 19.4. The summed E-state index contributed by atoms with van der Waals surface area (Å²) in [6, 6.07) is 10.2. The lowest BCUT2D eigenvalue weighted by molar-refractivity contribution is -0.137. The first-order valence-electron chi connectivity index (χ1n) is 8.94. The molecular formula is C20H17F3N2O4. The van der Waals surface area contributed by atoms with Gasteiger partial charge >= 0.3 is 12.2 Å². The third kappa shape index (κ3) is 3.21. The molecule has 2 heterocycles. The molecule has 2 aromatic rings. The molecule has 1 saturated heterocycles. The van der Waals surface area contributed by atoms with E-state index in [1.165, 1.54) is 0 Å². The Bertz CT molecular complexity index is 961. The summed E-state index contributed by atoms with van der Waals surface area (Å²) >= 11 is 0. The molecule has 3 amide bonds. The molecule has 6 nitrogen and oxygen atoms in total. The zero-order valence-corrected chi connectivity index (χ0v) is 15.1. The summed E-state index contributed by atoms with van der Waals surface area (Å²) in [5.74, 6) is -0.0262. The molecule has 1 fully saturated rings. The number of aliphatic hydroxyl groups is 1. The maximum Gasteiger partial charge on any atom is 0.416 e. The van der Waals surface area contributed by atoms with Gasteiger partial charge in [-0.15, -0.1) is 0 Å². The van der Waals surface area contributed by atoms with Crippen molar-refractivity contribution in [3.63, 3.8) is 0 Å². The number of rotatable bonds is 3. The van der Waals surface area contributed by atoms with E-state index in [2.05, 4.69) is 5.32 Å². The number of hydrogen-bond acceptors (Lipinski definition) is 4. The topological polar surface area (TPSA) is 78.9 Å². The molecule has 9 heteroatoms. The molecule has 2 aliphatic rings. The number of β-amino-alcohol motifs (C(OH)–C–C–N with tert-alkyl or cyclic N) is 1. The zero-order chi connectivity index (χ0) is 20.8. The van der Waals surface area contributed by atoms with Crippen LogP contribution in [0.5, 0.6) is 5.75 Å². The molecule has 29 heavy (non-hydrogen) atoms. The van der Waals surface area contributed by atoms with Crippen LogP contribution in [-0.4, -0.2) is 35.1 Å². The van der Waals surface area contributed by atoms with Crippen molar-refractivity contribution in [2.24, 2.45) is 0 Å². The molecule has 2 aliphatic heterocycles. The highest BCUT2D eigenvalue weighted by molar-refractivity contribution is 6.08. The van der Waals surface area contributed by atoms with E-state index in [0.29, 0.717) is 11.3 Å². The minimum atomic E-state index is -4.49. The number of ether oxygens (including phenoxy) is 1. The van der Waals surface area contributed by atoms with Crippen LogP contribution in [0.2, 0.25) is 0 Å². The first-order valence-corrected chi connectivity index (χ1v) is 8.94. The molecule has 0 aromatic heterocycles. The quantitative estimate of drug-likeness (QED) is 0.769. The van der Waals surface area contributed by atoms with E-state index in [0.717, 1.165) is 29.2 Å². The summed E-state index contributed by atoms with van der Waals surface area (Å²) in [5, 5.41) is 13.1. The highest BCUT2D eigenvalue weighted by Crippen LogP contribution is 2.41. The fourth-order valence-electron chi connectivity index (χ4n) is 3.71. The first-order chi connectivity index (χ1) is 13.7. The minimum Gasteiger partial charge on any atom is -0.493 e. The Morgan fingerprint density at radius 1 is 1.14 bits per heavy atom. The monoisotopic (exact) mass is 406 g/mol. The second kappa shape index (κ2) is 6.77. The maximum atomic E-state index is 13.1. The van der Waals surface area contributed by atoms with Crippen molar-refractivity contribution in [2.75, 3.05) is 13.2 Å². The van der Waals surface area contributed by atoms with E-state index in [1.54, 1.807) is 24.3 Å². The number of imide groups is 1. The number of benzene rings is 2. The van der Waals surface area contributed by atoms with Gasteiger partial charge in [-0.2, -0.15) is 13.2 Å². The summed E-state index contributed by atoms with van der Waals surface area (Å²) in [7, 11) is 0. The molecule has 4 rings (SSSR count). The van der Waals surface area contributed by atoms with Crippen molar-refractivity contribution in [2.45, 2.75) is 24.2 Å². The van der Waals surface area contributed by atoms with Gasteiger partial charge in [0, 0.05) is 12.0 Å². The molecular weight excluding hydrogens is 389 g/mol. The van der Waals surface area contributed by atoms with Gasteiger partial charge in [-0.05, 0) is 23.8 Å². The van der Waals surface area contributed by atoms with E-state index in [9.17, 15) is 27.9 Å². The Hall–Kier alpha value is -3.07. The van der Waals surface area contributed by atoms with Crippen molar-refractivity contribution >= 4 is 11.9 Å². The summed E-state index contributed by atoms with van der Waals surface area (Å²) in [4.78, 5) is 26.5. The van der Waals surface area contributed by atoms with Gasteiger partial charge in [0.05, 0.1) is 24.8 Å². The van der Waals surface area contributed by atoms with Crippen LogP contribution in [0.3, 0.4) is 0 Å². The number of alkyl halides is 3. The number of carbonyl (C=O) groups is 2. The Morgan fingerprint density at radius 2 is 1.83 bits per heavy atom. The standard InChI is InChI=1S/C20H17F3N2O4/c21-20(22,23)13-7-5-12(6-8-13)15(26)11-25-17(27)19(24-18(25)28)9-10-29-16-4-2-1-3-14(16)19/h1-8,15,26H,9-11H2,(H,24,28). The van der Waals surface area contributed by atoms with Crippen molar-refractivity contribution < 1.29 is 32.6 Å². The summed E-state index contributed by atoms with van der Waals surface area (Å²) in [6.45, 7) is -0.140. The van der Waals surface area contributed by atoms with Gasteiger partial charge in [0.25, 0.3) is 5.91 Å². The van der Waals surface area contributed by atoms with Gasteiger partial charge in [-0.3, -0.25) is 9.69 Å². The largest absolute Gasteiger partial charge is 0.493 e. The number of carbonyl (C=O) groups excluding carboxylic acids is 2. The van der Waals surface area contributed by atoms with E-state index in [4.69, 9.17) is 4.74 Å². The van der Waals surface area contributed by atoms with Crippen molar-refractivity contribution in [3.8, 4) is 5.75 Å². The average molecular weight is 406 g/mol. The predicted molar refractivity (Wildman–Crippen MR) is 94.9 cm³/mol. The van der Waals surface area contributed by atoms with E-state index < -0.39 is 35.3 Å². The lowest BCUT2D eigenvalue weighted by atomic mass is 9.84.